The van der Waals surface area contributed by atoms with E-state index in [9.17, 15) is 27.6 Å². The highest BCUT2D eigenvalue weighted by Crippen LogP contribution is 2.40. The van der Waals surface area contributed by atoms with E-state index >= 15 is 0 Å². The van der Waals surface area contributed by atoms with Gasteiger partial charge in [0.2, 0.25) is 5.91 Å². The third-order valence-electron chi connectivity index (χ3n) is 10.3. The molecule has 3 saturated heterocycles. The minimum absolute atomic E-state index is 0.0498. The number of fused-ring (bicyclic) bond motifs is 1. The topological polar surface area (TPSA) is 103 Å². The van der Waals surface area contributed by atoms with Crippen LogP contribution in [0.3, 0.4) is 0 Å². The third-order valence-corrected chi connectivity index (χ3v) is 11.5. The van der Waals surface area contributed by atoms with Gasteiger partial charge in [0.25, 0.3) is 0 Å². The SMILES string of the molecule is CNc1c(Cl)cc(C[C@@H](NC(=O)N2CCC(N3Cc4sccc4NC3=O)CC2)C(=O)N2CCN(C3CCN(C)CC3)CC2)cc1C(F)(F)F. The smallest absolute Gasteiger partial charge is 0.386 e. The number of piperidine rings is 2. The molecule has 0 aliphatic carbocycles. The molecule has 5 amide bonds. The summed E-state index contributed by atoms with van der Waals surface area (Å²) in [7, 11) is 3.49. The minimum atomic E-state index is -4.67. The van der Waals surface area contributed by atoms with Gasteiger partial charge in [-0.05, 0) is 75.0 Å². The molecular formula is C33H44ClF3N8O3S. The van der Waals surface area contributed by atoms with Gasteiger partial charge in [0.1, 0.15) is 6.04 Å². The van der Waals surface area contributed by atoms with Crippen LogP contribution in [0.15, 0.2) is 23.6 Å². The first kappa shape index (κ1) is 35.6. The van der Waals surface area contributed by atoms with Gasteiger partial charge in [0, 0.05) is 69.7 Å². The lowest BCUT2D eigenvalue weighted by molar-refractivity contribution is -0.137. The second-order valence-electron chi connectivity index (χ2n) is 13.4. The fourth-order valence-electron chi connectivity index (χ4n) is 7.49. The number of thiophene rings is 1. The number of nitrogens with one attached hydrogen (secondary N) is 3. The summed E-state index contributed by atoms with van der Waals surface area (Å²) < 4.78 is 42.0. The molecule has 4 aliphatic heterocycles. The van der Waals surface area contributed by atoms with Crippen LogP contribution in [0.2, 0.25) is 5.02 Å². The van der Waals surface area contributed by atoms with E-state index in [1.807, 2.05) is 16.3 Å². The van der Waals surface area contributed by atoms with Crippen molar-refractivity contribution in [2.75, 3.05) is 77.1 Å². The van der Waals surface area contributed by atoms with Gasteiger partial charge in [-0.3, -0.25) is 9.69 Å². The molecule has 0 spiro atoms. The van der Waals surface area contributed by atoms with Crippen molar-refractivity contribution in [3.63, 3.8) is 0 Å². The summed E-state index contributed by atoms with van der Waals surface area (Å²) >= 11 is 7.88. The van der Waals surface area contributed by atoms with E-state index in [0.29, 0.717) is 64.7 Å². The molecule has 1 aromatic carbocycles. The number of anilines is 2. The Morgan fingerprint density at radius 1 is 1.00 bits per heavy atom. The van der Waals surface area contributed by atoms with E-state index < -0.39 is 23.8 Å². The van der Waals surface area contributed by atoms with Crippen LogP contribution < -0.4 is 16.0 Å². The van der Waals surface area contributed by atoms with Gasteiger partial charge in [-0.2, -0.15) is 13.2 Å². The molecule has 3 fully saturated rings. The number of alkyl halides is 3. The maximum Gasteiger partial charge on any atom is 0.418 e. The van der Waals surface area contributed by atoms with Crippen LogP contribution >= 0.6 is 22.9 Å². The molecule has 2 aromatic rings. The predicted octanol–water partition coefficient (Wildman–Crippen LogP) is 4.83. The number of nitrogens with zero attached hydrogens (tertiary/aromatic N) is 5. The highest BCUT2D eigenvalue weighted by Gasteiger charge is 2.38. The quantitative estimate of drug-likeness (QED) is 0.378. The fraction of sp³-hybridized carbons (Fsp3) is 0.606. The van der Waals surface area contributed by atoms with E-state index in [2.05, 4.69) is 32.8 Å². The first-order valence-corrected chi connectivity index (χ1v) is 18.1. The Morgan fingerprint density at radius 2 is 1.67 bits per heavy atom. The number of amides is 5. The molecule has 11 nitrogen and oxygen atoms in total. The molecule has 268 valence electrons. The zero-order valence-corrected chi connectivity index (χ0v) is 29.4. The number of carbonyl (C=O) groups excluding carboxylic acids is 3. The number of piperazine rings is 1. The van der Waals surface area contributed by atoms with E-state index in [4.69, 9.17) is 11.6 Å². The summed E-state index contributed by atoms with van der Waals surface area (Å²) in [5.74, 6) is -0.328. The summed E-state index contributed by atoms with van der Waals surface area (Å²) in [4.78, 5) is 51.5. The molecule has 1 aromatic heterocycles. The second-order valence-corrected chi connectivity index (χ2v) is 14.8. The van der Waals surface area contributed by atoms with Crippen LogP contribution in [0, 0.1) is 0 Å². The molecule has 6 rings (SSSR count). The monoisotopic (exact) mass is 724 g/mol. The standard InChI is InChI=1S/C33H44ClF3N8O3S/c1-38-29-24(33(35,36)37)17-21(18-25(29)34)19-27(30(46)43-14-12-42(13-15-43)22-3-8-41(2)9-4-22)40-31(47)44-10-5-23(6-11-44)45-20-28-26(7-16-49-28)39-32(45)48/h7,16-18,22-23,27,38H,3-6,8-15,19-20H2,1-2H3,(H,39,48)(H,40,47)/t27-/m1/s1. The number of hydrogen-bond donors (Lipinski definition) is 3. The van der Waals surface area contributed by atoms with Crippen molar-refractivity contribution in [2.24, 2.45) is 0 Å². The average Bonchev–Trinajstić information content (AvgIpc) is 3.54. The third kappa shape index (κ3) is 8.05. The Labute approximate surface area is 293 Å². The number of halogens is 4. The summed E-state index contributed by atoms with van der Waals surface area (Å²) in [6.07, 6.45) is -1.56. The minimum Gasteiger partial charge on any atom is -0.386 e. The first-order valence-electron chi connectivity index (χ1n) is 16.9. The zero-order valence-electron chi connectivity index (χ0n) is 27.8. The van der Waals surface area contributed by atoms with Gasteiger partial charge in [-0.15, -0.1) is 11.3 Å². The molecule has 1 atom stereocenters. The summed E-state index contributed by atoms with van der Waals surface area (Å²) in [5, 5.41) is 10.2. The molecular weight excluding hydrogens is 681 g/mol. The lowest BCUT2D eigenvalue weighted by Gasteiger charge is -2.43. The molecule has 16 heteroatoms. The number of hydrogen-bond acceptors (Lipinski definition) is 7. The number of carbonyl (C=O) groups is 3. The molecule has 49 heavy (non-hydrogen) atoms. The van der Waals surface area contributed by atoms with Gasteiger partial charge < -0.3 is 35.6 Å². The highest BCUT2D eigenvalue weighted by atomic mass is 35.5. The molecule has 0 bridgehead atoms. The molecule has 5 heterocycles. The fourth-order valence-corrected chi connectivity index (χ4v) is 8.65. The number of benzene rings is 1. The summed E-state index contributed by atoms with van der Waals surface area (Å²) in [6.45, 7) is 5.67. The largest absolute Gasteiger partial charge is 0.418 e. The number of likely N-dealkylation sites (tertiary alicyclic amines) is 2. The summed E-state index contributed by atoms with van der Waals surface area (Å²) in [5.41, 5.74) is -0.135. The van der Waals surface area contributed by atoms with Crippen molar-refractivity contribution in [2.45, 2.75) is 63.0 Å². The lowest BCUT2D eigenvalue weighted by Crippen LogP contribution is -2.59. The Kier molecular flexibility index (Phi) is 10.8. The van der Waals surface area contributed by atoms with E-state index in [0.717, 1.165) is 42.6 Å². The van der Waals surface area contributed by atoms with Gasteiger partial charge in [-0.25, -0.2) is 9.59 Å². The number of urea groups is 2. The van der Waals surface area contributed by atoms with Crippen molar-refractivity contribution in [3.8, 4) is 0 Å². The maximum absolute atomic E-state index is 14.1. The molecule has 0 radical (unpaired) electrons. The summed E-state index contributed by atoms with van der Waals surface area (Å²) in [6, 6.07) is 3.01. The highest BCUT2D eigenvalue weighted by molar-refractivity contribution is 7.10. The lowest BCUT2D eigenvalue weighted by atomic mass is 9.99. The Hall–Kier alpha value is -3.27. The van der Waals surface area contributed by atoms with Crippen LogP contribution in [0.5, 0.6) is 0 Å². The van der Waals surface area contributed by atoms with Crippen LogP contribution in [-0.2, 0) is 23.9 Å². The van der Waals surface area contributed by atoms with Crippen LogP contribution in [-0.4, -0.2) is 127 Å². The van der Waals surface area contributed by atoms with Crippen molar-refractivity contribution in [1.82, 2.24) is 29.8 Å². The normalized spacial score (nSPS) is 20.9. The van der Waals surface area contributed by atoms with E-state index in [-0.39, 0.29) is 40.7 Å². The van der Waals surface area contributed by atoms with Crippen molar-refractivity contribution in [1.29, 1.82) is 0 Å². The predicted molar refractivity (Wildman–Crippen MR) is 184 cm³/mol. The van der Waals surface area contributed by atoms with Crippen molar-refractivity contribution in [3.05, 3.63) is 44.6 Å². The Bertz CT molecular complexity index is 1520. The van der Waals surface area contributed by atoms with Crippen LogP contribution in [0.25, 0.3) is 0 Å². The van der Waals surface area contributed by atoms with Gasteiger partial charge in [0.15, 0.2) is 0 Å². The Balaban J connectivity index is 1.14. The molecule has 4 aliphatic rings. The van der Waals surface area contributed by atoms with Gasteiger partial charge >= 0.3 is 18.2 Å². The van der Waals surface area contributed by atoms with E-state index in [1.54, 1.807) is 21.1 Å². The first-order chi connectivity index (χ1) is 23.4. The van der Waals surface area contributed by atoms with Crippen molar-refractivity contribution >= 4 is 52.3 Å². The Morgan fingerprint density at radius 3 is 2.33 bits per heavy atom. The molecule has 3 N–H and O–H groups in total. The van der Waals surface area contributed by atoms with Crippen LogP contribution in [0.4, 0.5) is 34.1 Å². The molecule has 0 unspecified atom stereocenters. The van der Waals surface area contributed by atoms with Crippen LogP contribution in [0.1, 0.15) is 41.7 Å². The zero-order chi connectivity index (χ0) is 34.9. The molecule has 0 saturated carbocycles. The maximum atomic E-state index is 14.1. The second kappa shape index (κ2) is 14.9. The van der Waals surface area contributed by atoms with Crippen molar-refractivity contribution < 1.29 is 27.6 Å². The van der Waals surface area contributed by atoms with E-state index in [1.165, 1.54) is 13.1 Å². The van der Waals surface area contributed by atoms with Gasteiger partial charge in [-0.1, -0.05) is 11.6 Å². The number of rotatable bonds is 7. The van der Waals surface area contributed by atoms with Gasteiger partial charge in [0.05, 0.1) is 28.5 Å². The average molecular weight is 725 g/mol.